The van der Waals surface area contributed by atoms with Crippen molar-refractivity contribution in [2.45, 2.75) is 433 Å². The fraction of sp³-hybridized carbons (Fsp3) is 0.951. The molecule has 0 rings (SSSR count). The second-order valence-corrected chi connectivity index (χ2v) is 33.7. The molecule has 19 heteroatoms. The van der Waals surface area contributed by atoms with Gasteiger partial charge in [-0.05, 0) is 49.4 Å². The molecule has 0 saturated heterocycles. The van der Waals surface area contributed by atoms with Crippen molar-refractivity contribution in [1.29, 1.82) is 0 Å². The summed E-state index contributed by atoms with van der Waals surface area (Å²) in [5.41, 5.74) is 0. The van der Waals surface area contributed by atoms with Gasteiger partial charge in [-0.25, -0.2) is 9.13 Å². The van der Waals surface area contributed by atoms with Gasteiger partial charge >= 0.3 is 39.5 Å². The Morgan fingerprint density at radius 3 is 0.710 bits per heavy atom. The van der Waals surface area contributed by atoms with E-state index in [4.69, 9.17) is 37.0 Å². The van der Waals surface area contributed by atoms with Crippen LogP contribution in [-0.2, 0) is 65.4 Å². The first-order valence-corrected chi connectivity index (χ1v) is 44.7. The Hall–Kier alpha value is -1.94. The van der Waals surface area contributed by atoms with Gasteiger partial charge in [-0.2, -0.15) is 0 Å². The van der Waals surface area contributed by atoms with Crippen LogP contribution in [0, 0.1) is 23.7 Å². The van der Waals surface area contributed by atoms with Gasteiger partial charge in [0, 0.05) is 25.7 Å². The number of hydrogen-bond acceptors (Lipinski definition) is 15. The van der Waals surface area contributed by atoms with E-state index in [-0.39, 0.29) is 25.7 Å². The molecule has 0 fully saturated rings. The molecular formula is C81H158O17P2. The Balaban J connectivity index is 5.23. The second kappa shape index (κ2) is 70.1. The van der Waals surface area contributed by atoms with Gasteiger partial charge in [-0.3, -0.25) is 37.3 Å². The van der Waals surface area contributed by atoms with Gasteiger partial charge < -0.3 is 33.8 Å². The minimum atomic E-state index is -4.96. The number of hydrogen-bond donors (Lipinski definition) is 3. The molecule has 0 spiro atoms. The van der Waals surface area contributed by atoms with Crippen LogP contribution < -0.4 is 0 Å². The molecule has 0 aromatic heterocycles. The van der Waals surface area contributed by atoms with Crippen molar-refractivity contribution in [2.24, 2.45) is 23.7 Å². The van der Waals surface area contributed by atoms with E-state index < -0.39 is 97.5 Å². The van der Waals surface area contributed by atoms with E-state index >= 15 is 0 Å². The van der Waals surface area contributed by atoms with Crippen LogP contribution in [0.2, 0.25) is 0 Å². The monoisotopic (exact) mass is 1470 g/mol. The summed E-state index contributed by atoms with van der Waals surface area (Å²) >= 11 is 0. The maximum absolute atomic E-state index is 13.1. The van der Waals surface area contributed by atoms with Crippen molar-refractivity contribution in [3.05, 3.63) is 0 Å². The van der Waals surface area contributed by atoms with Crippen LogP contribution in [0.4, 0.5) is 0 Å². The molecule has 0 aromatic carbocycles. The Morgan fingerprint density at radius 1 is 0.280 bits per heavy atom. The molecule has 0 amide bonds. The van der Waals surface area contributed by atoms with Crippen molar-refractivity contribution < 1.29 is 80.2 Å². The number of phosphoric acid groups is 2. The number of phosphoric ester groups is 2. The predicted molar refractivity (Wildman–Crippen MR) is 409 cm³/mol. The van der Waals surface area contributed by atoms with Crippen LogP contribution >= 0.6 is 15.6 Å². The molecule has 4 unspecified atom stereocenters. The fourth-order valence-corrected chi connectivity index (χ4v) is 14.0. The van der Waals surface area contributed by atoms with Crippen LogP contribution in [-0.4, -0.2) is 96.7 Å². The first kappa shape index (κ1) is 98.1. The third kappa shape index (κ3) is 73.0. The van der Waals surface area contributed by atoms with E-state index in [1.54, 1.807) is 0 Å². The lowest BCUT2D eigenvalue weighted by Gasteiger charge is -2.21. The van der Waals surface area contributed by atoms with Gasteiger partial charge in [0.1, 0.15) is 19.3 Å². The summed E-state index contributed by atoms with van der Waals surface area (Å²) in [6.07, 6.45) is 56.9. The fourth-order valence-electron chi connectivity index (χ4n) is 12.4. The highest BCUT2D eigenvalue weighted by atomic mass is 31.2. The first-order valence-electron chi connectivity index (χ1n) is 41.7. The van der Waals surface area contributed by atoms with Crippen molar-refractivity contribution in [3.8, 4) is 0 Å². The molecule has 594 valence electrons. The highest BCUT2D eigenvalue weighted by Crippen LogP contribution is 2.45. The van der Waals surface area contributed by atoms with E-state index in [1.165, 1.54) is 212 Å². The average Bonchev–Trinajstić information content (AvgIpc) is 0.919. The normalized spacial score (nSPS) is 14.3. The van der Waals surface area contributed by atoms with E-state index in [0.29, 0.717) is 31.6 Å². The number of esters is 4. The van der Waals surface area contributed by atoms with Crippen LogP contribution in [0.25, 0.3) is 0 Å². The zero-order chi connectivity index (χ0) is 73.8. The summed E-state index contributed by atoms with van der Waals surface area (Å²) in [5, 5.41) is 10.6. The van der Waals surface area contributed by atoms with Gasteiger partial charge in [0.05, 0.1) is 26.4 Å². The molecule has 0 aliphatic heterocycles. The van der Waals surface area contributed by atoms with Crippen LogP contribution in [0.5, 0.6) is 0 Å². The van der Waals surface area contributed by atoms with Gasteiger partial charge in [0.15, 0.2) is 12.2 Å². The quantitative estimate of drug-likeness (QED) is 0.0222. The number of rotatable bonds is 78. The standard InChI is InChI=1S/C81H158O17P2/c1-9-74(8)60-52-44-36-28-21-17-14-15-19-23-31-39-48-56-64-80(85)97-76(67-91-78(83)61-53-45-37-29-25-24-27-34-42-50-58-72(4)5)69-95-99(87,88)93-65-75(82)66-94-100(89,90)96-70-77(68-92-79(84)62-54-46-40-32-35-43-51-59-73(6)7)98-81(86)63-55-47-38-30-22-18-13-11-10-12-16-20-26-33-41-49-57-71(2)3/h71-77,82H,9-70H2,1-8H3,(H,87,88)(H,89,90)/t74?,75?,76-,77-/m1/s1. The van der Waals surface area contributed by atoms with Gasteiger partial charge in [-0.15, -0.1) is 0 Å². The minimum Gasteiger partial charge on any atom is -0.462 e. The van der Waals surface area contributed by atoms with E-state index in [9.17, 15) is 43.2 Å². The molecule has 0 saturated carbocycles. The second-order valence-electron chi connectivity index (χ2n) is 30.8. The number of aliphatic hydroxyl groups is 1. The van der Waals surface area contributed by atoms with Gasteiger partial charge in [0.2, 0.25) is 0 Å². The topological polar surface area (TPSA) is 237 Å². The molecule has 0 aliphatic rings. The highest BCUT2D eigenvalue weighted by molar-refractivity contribution is 7.47. The number of unbranched alkanes of at least 4 members (excludes halogenated alkanes) is 43. The zero-order valence-electron chi connectivity index (χ0n) is 65.8. The molecule has 0 radical (unpaired) electrons. The lowest BCUT2D eigenvalue weighted by molar-refractivity contribution is -0.161. The zero-order valence-corrected chi connectivity index (χ0v) is 67.6. The number of aliphatic hydroxyl groups excluding tert-OH is 1. The highest BCUT2D eigenvalue weighted by Gasteiger charge is 2.30. The lowest BCUT2D eigenvalue weighted by Crippen LogP contribution is -2.30. The molecule has 0 heterocycles. The predicted octanol–water partition coefficient (Wildman–Crippen LogP) is 24.0. The van der Waals surface area contributed by atoms with Crippen LogP contribution in [0.1, 0.15) is 415 Å². The summed E-state index contributed by atoms with van der Waals surface area (Å²) in [6.45, 7) is 14.3. The van der Waals surface area contributed by atoms with E-state index in [2.05, 4.69) is 55.4 Å². The molecule has 0 bridgehead atoms. The Kier molecular flexibility index (Phi) is 68.7. The summed E-state index contributed by atoms with van der Waals surface area (Å²) in [7, 11) is -9.92. The van der Waals surface area contributed by atoms with E-state index in [0.717, 1.165) is 114 Å². The Bertz CT molecular complexity index is 1960. The molecule has 6 atom stereocenters. The first-order chi connectivity index (χ1) is 48.1. The Morgan fingerprint density at radius 2 is 0.480 bits per heavy atom. The third-order valence-electron chi connectivity index (χ3n) is 19.2. The molecular weight excluding hydrogens is 1310 g/mol. The maximum Gasteiger partial charge on any atom is 0.472 e. The third-order valence-corrected chi connectivity index (χ3v) is 21.1. The SMILES string of the molecule is CCC(C)CCCCCCCCCCCCCCCCC(=O)O[C@H](COC(=O)CCCCCCCCCCCCC(C)C)COP(=O)(O)OCC(O)COP(=O)(O)OC[C@@H](COC(=O)CCCCCCCCCC(C)C)OC(=O)CCCCCCCCCCCCCCCCCCC(C)C. The Labute approximate surface area is 613 Å². The molecule has 100 heavy (non-hydrogen) atoms. The molecule has 17 nitrogen and oxygen atoms in total. The lowest BCUT2D eigenvalue weighted by atomic mass is 9.99. The maximum atomic E-state index is 13.1. The van der Waals surface area contributed by atoms with Crippen molar-refractivity contribution in [2.75, 3.05) is 39.6 Å². The minimum absolute atomic E-state index is 0.107. The summed E-state index contributed by atoms with van der Waals surface area (Å²) in [4.78, 5) is 73.0. The number of carbonyl (C=O) groups is 4. The van der Waals surface area contributed by atoms with E-state index in [1.807, 2.05) is 0 Å². The summed E-state index contributed by atoms with van der Waals surface area (Å²) in [6, 6.07) is 0. The molecule has 3 N–H and O–H groups in total. The largest absolute Gasteiger partial charge is 0.472 e. The summed E-state index contributed by atoms with van der Waals surface area (Å²) in [5.74, 6) is 1.00. The number of carbonyl (C=O) groups excluding carboxylic acids is 4. The van der Waals surface area contributed by atoms with Crippen molar-refractivity contribution >= 4 is 39.5 Å². The molecule has 0 aromatic rings. The smallest absolute Gasteiger partial charge is 0.462 e. The van der Waals surface area contributed by atoms with Gasteiger partial charge in [0.25, 0.3) is 0 Å². The van der Waals surface area contributed by atoms with Crippen LogP contribution in [0.3, 0.4) is 0 Å². The van der Waals surface area contributed by atoms with Gasteiger partial charge in [-0.1, -0.05) is 364 Å². The summed E-state index contributed by atoms with van der Waals surface area (Å²) < 4.78 is 68.7. The number of ether oxygens (including phenoxy) is 4. The van der Waals surface area contributed by atoms with Crippen molar-refractivity contribution in [3.63, 3.8) is 0 Å². The van der Waals surface area contributed by atoms with Crippen LogP contribution in [0.15, 0.2) is 0 Å². The van der Waals surface area contributed by atoms with Crippen molar-refractivity contribution in [1.82, 2.24) is 0 Å². The molecule has 0 aliphatic carbocycles. The average molecular weight is 1470 g/mol.